The summed E-state index contributed by atoms with van der Waals surface area (Å²) in [6, 6.07) is 46.5. The van der Waals surface area contributed by atoms with Gasteiger partial charge in [-0.2, -0.15) is 0 Å². The molecule has 0 aliphatic heterocycles. The van der Waals surface area contributed by atoms with Crippen molar-refractivity contribution in [1.29, 1.82) is 5.41 Å². The van der Waals surface area contributed by atoms with E-state index in [1.807, 2.05) is 54.7 Å². The van der Waals surface area contributed by atoms with Gasteiger partial charge in [-0.1, -0.05) is 72.8 Å². The van der Waals surface area contributed by atoms with Crippen molar-refractivity contribution in [2.24, 2.45) is 0 Å². The Labute approximate surface area is 243 Å². The van der Waals surface area contributed by atoms with Crippen LogP contribution in [0.1, 0.15) is 5.56 Å². The molecule has 2 aromatic heterocycles. The highest BCUT2D eigenvalue weighted by atomic mass is 15.0. The van der Waals surface area contributed by atoms with E-state index in [1.54, 1.807) is 0 Å². The number of pyridine rings is 1. The third-order valence-electron chi connectivity index (χ3n) is 8.10. The van der Waals surface area contributed by atoms with E-state index in [0.29, 0.717) is 0 Å². The molecule has 0 aliphatic rings. The zero-order chi connectivity index (χ0) is 28.0. The summed E-state index contributed by atoms with van der Waals surface area (Å²) in [6.07, 6.45) is 3.31. The van der Waals surface area contributed by atoms with Crippen molar-refractivity contribution in [3.63, 3.8) is 0 Å². The first kappa shape index (κ1) is 24.1. The third kappa shape index (κ3) is 3.85. The fraction of sp³-hybridized carbons (Fsp3) is 0. The summed E-state index contributed by atoms with van der Waals surface area (Å²) in [5, 5.41) is 19.1. The summed E-state index contributed by atoms with van der Waals surface area (Å²) in [6.45, 7) is 0. The minimum Gasteiger partial charge on any atom is -0.355 e. The van der Waals surface area contributed by atoms with Gasteiger partial charge in [-0.3, -0.25) is 4.98 Å². The van der Waals surface area contributed by atoms with Gasteiger partial charge in [-0.05, 0) is 82.2 Å². The fourth-order valence-electron chi connectivity index (χ4n) is 6.19. The predicted molar refractivity (Wildman–Crippen MR) is 177 cm³/mol. The summed E-state index contributed by atoms with van der Waals surface area (Å²) in [5.41, 5.74) is 7.96. The van der Waals surface area contributed by atoms with Crippen LogP contribution >= 0.6 is 0 Å². The highest BCUT2D eigenvalue weighted by Gasteiger charge is 2.19. The lowest BCUT2D eigenvalue weighted by Gasteiger charge is -2.13. The summed E-state index contributed by atoms with van der Waals surface area (Å²) < 4.78 is 2.32. The Hall–Kier alpha value is -5.74. The number of hydrogen-bond donors (Lipinski definition) is 2. The molecular weight excluding hydrogens is 512 g/mol. The molecule has 198 valence electrons. The Morgan fingerprint density at radius 1 is 0.619 bits per heavy atom. The van der Waals surface area contributed by atoms with Crippen LogP contribution < -0.4 is 5.32 Å². The SMILES string of the molecule is N=Cc1c(Nc2ccccc2)ccc2c1c1cc3c(ccc4ccccc43)cc1n2-c1cccc(-c2ccccn2)c1. The Balaban J connectivity index is 1.47. The molecule has 0 saturated carbocycles. The van der Waals surface area contributed by atoms with Crippen LogP contribution in [0.15, 0.2) is 140 Å². The molecule has 0 unspecified atom stereocenters. The lowest BCUT2D eigenvalue weighted by Crippen LogP contribution is -1.98. The fourth-order valence-corrected chi connectivity index (χ4v) is 6.19. The summed E-state index contributed by atoms with van der Waals surface area (Å²) in [7, 11) is 0. The molecule has 8 rings (SSSR count). The minimum atomic E-state index is 0.862. The summed E-state index contributed by atoms with van der Waals surface area (Å²) in [4.78, 5) is 4.60. The standard InChI is InChI=1S/C38H26N4/c39-24-33-35(41-28-11-2-1-3-12-28)18-19-36-38(33)32-23-31-26(17-16-25-9-4-5-14-30(25)31)22-37(32)42(36)29-13-8-10-27(21-29)34-15-6-7-20-40-34/h1-24,39,41H. The van der Waals surface area contributed by atoms with Gasteiger partial charge in [0.05, 0.1) is 16.7 Å². The van der Waals surface area contributed by atoms with Crippen LogP contribution in [-0.4, -0.2) is 15.8 Å². The van der Waals surface area contributed by atoms with E-state index in [1.165, 1.54) is 27.8 Å². The van der Waals surface area contributed by atoms with E-state index in [0.717, 1.165) is 55.7 Å². The average Bonchev–Trinajstić information content (AvgIpc) is 3.38. The molecule has 2 N–H and O–H groups in total. The van der Waals surface area contributed by atoms with Gasteiger partial charge in [0.15, 0.2) is 0 Å². The average molecular weight is 539 g/mol. The second-order valence-corrected chi connectivity index (χ2v) is 10.5. The van der Waals surface area contributed by atoms with Crippen LogP contribution in [-0.2, 0) is 0 Å². The summed E-state index contributed by atoms with van der Waals surface area (Å²) in [5.74, 6) is 0. The third-order valence-corrected chi connectivity index (χ3v) is 8.10. The maximum absolute atomic E-state index is 8.58. The lowest BCUT2D eigenvalue weighted by atomic mass is 9.98. The molecule has 0 radical (unpaired) electrons. The monoisotopic (exact) mass is 538 g/mol. The first-order valence-electron chi connectivity index (χ1n) is 14.1. The van der Waals surface area contributed by atoms with Gasteiger partial charge in [0.25, 0.3) is 0 Å². The molecule has 8 aromatic rings. The molecule has 0 fully saturated rings. The molecule has 0 saturated heterocycles. The lowest BCUT2D eigenvalue weighted by molar-refractivity contribution is 1.18. The Bertz CT molecular complexity index is 2280. The molecule has 4 heteroatoms. The van der Waals surface area contributed by atoms with E-state index in [4.69, 9.17) is 5.41 Å². The smallest absolute Gasteiger partial charge is 0.0702 e. The number of aromatic nitrogens is 2. The van der Waals surface area contributed by atoms with Crippen LogP contribution in [0.3, 0.4) is 0 Å². The highest BCUT2D eigenvalue weighted by Crippen LogP contribution is 2.40. The van der Waals surface area contributed by atoms with Crippen LogP contribution in [0, 0.1) is 5.41 Å². The number of nitrogens with zero attached hydrogens (tertiary/aromatic N) is 2. The van der Waals surface area contributed by atoms with Gasteiger partial charge in [0.2, 0.25) is 0 Å². The first-order valence-corrected chi connectivity index (χ1v) is 14.1. The number of anilines is 2. The molecule has 2 heterocycles. The van der Waals surface area contributed by atoms with Crippen LogP contribution in [0.25, 0.3) is 60.3 Å². The number of nitrogens with one attached hydrogen (secondary N) is 2. The predicted octanol–water partition coefficient (Wildman–Crippen LogP) is 9.89. The molecule has 0 aliphatic carbocycles. The van der Waals surface area contributed by atoms with Gasteiger partial charge >= 0.3 is 0 Å². The van der Waals surface area contributed by atoms with Gasteiger partial charge in [0.1, 0.15) is 0 Å². The minimum absolute atomic E-state index is 0.862. The second kappa shape index (κ2) is 9.72. The topological polar surface area (TPSA) is 53.7 Å². The van der Waals surface area contributed by atoms with Crippen molar-refractivity contribution >= 4 is 60.9 Å². The summed E-state index contributed by atoms with van der Waals surface area (Å²) >= 11 is 0. The Morgan fingerprint density at radius 2 is 1.45 bits per heavy atom. The second-order valence-electron chi connectivity index (χ2n) is 10.5. The number of rotatable bonds is 5. The highest BCUT2D eigenvalue weighted by molar-refractivity contribution is 6.22. The Morgan fingerprint density at radius 3 is 2.31 bits per heavy atom. The van der Waals surface area contributed by atoms with Gasteiger partial charge in [-0.15, -0.1) is 0 Å². The molecule has 6 aromatic carbocycles. The zero-order valence-corrected chi connectivity index (χ0v) is 22.8. The van der Waals surface area contributed by atoms with E-state index in [9.17, 15) is 0 Å². The van der Waals surface area contributed by atoms with E-state index in [-0.39, 0.29) is 0 Å². The zero-order valence-electron chi connectivity index (χ0n) is 22.8. The molecule has 42 heavy (non-hydrogen) atoms. The maximum Gasteiger partial charge on any atom is 0.0702 e. The number of fused-ring (bicyclic) bond motifs is 6. The molecule has 0 bridgehead atoms. The van der Waals surface area contributed by atoms with Crippen molar-refractivity contribution in [3.8, 4) is 16.9 Å². The number of para-hydroxylation sites is 1. The molecule has 0 amide bonds. The van der Waals surface area contributed by atoms with Crippen molar-refractivity contribution in [1.82, 2.24) is 9.55 Å². The van der Waals surface area contributed by atoms with Crippen molar-refractivity contribution in [2.75, 3.05) is 5.32 Å². The molecule has 0 spiro atoms. The van der Waals surface area contributed by atoms with Crippen LogP contribution in [0.5, 0.6) is 0 Å². The van der Waals surface area contributed by atoms with E-state index < -0.39 is 0 Å². The quantitative estimate of drug-likeness (QED) is 0.169. The number of hydrogen-bond acceptors (Lipinski definition) is 3. The van der Waals surface area contributed by atoms with E-state index >= 15 is 0 Å². The van der Waals surface area contributed by atoms with Crippen LogP contribution in [0.4, 0.5) is 11.4 Å². The van der Waals surface area contributed by atoms with Gasteiger partial charge in [0, 0.05) is 51.4 Å². The van der Waals surface area contributed by atoms with Crippen molar-refractivity contribution in [3.05, 3.63) is 145 Å². The molecule has 0 atom stereocenters. The van der Waals surface area contributed by atoms with E-state index in [2.05, 4.69) is 99.8 Å². The van der Waals surface area contributed by atoms with Gasteiger partial charge in [-0.25, -0.2) is 0 Å². The van der Waals surface area contributed by atoms with Gasteiger partial charge < -0.3 is 15.3 Å². The Kier molecular flexibility index (Phi) is 5.57. The van der Waals surface area contributed by atoms with Crippen molar-refractivity contribution in [2.45, 2.75) is 0 Å². The van der Waals surface area contributed by atoms with Crippen molar-refractivity contribution < 1.29 is 0 Å². The molecule has 4 nitrogen and oxygen atoms in total. The largest absolute Gasteiger partial charge is 0.355 e. The van der Waals surface area contributed by atoms with Crippen LogP contribution in [0.2, 0.25) is 0 Å². The maximum atomic E-state index is 8.58. The molecular formula is C38H26N4. The number of benzene rings is 6. The first-order chi connectivity index (χ1) is 20.8. The normalized spacial score (nSPS) is 11.4.